The highest BCUT2D eigenvalue weighted by atomic mass is 32.3. The van der Waals surface area contributed by atoms with Crippen LogP contribution in [0, 0.1) is 9.54 Å². The third kappa shape index (κ3) is 3.34. The molecule has 0 aromatic carbocycles. The first-order valence-electron chi connectivity index (χ1n) is 9.90. The van der Waals surface area contributed by atoms with Crippen LogP contribution in [-0.4, -0.2) is 20.4 Å². The van der Waals surface area contributed by atoms with Crippen molar-refractivity contribution in [2.24, 2.45) is 0 Å². The van der Waals surface area contributed by atoms with Gasteiger partial charge in [-0.3, -0.25) is 0 Å². The molecule has 5 nitrogen and oxygen atoms in total. The van der Waals surface area contributed by atoms with Gasteiger partial charge in [-0.2, -0.15) is 0 Å². The second-order valence-corrected chi connectivity index (χ2v) is 15.0. The molecule has 0 saturated heterocycles. The fourth-order valence-corrected chi connectivity index (χ4v) is 12.1. The second-order valence-electron chi connectivity index (χ2n) is 8.45. The molecule has 0 saturated carbocycles. The second kappa shape index (κ2) is 7.67. The van der Waals surface area contributed by atoms with Crippen LogP contribution in [-0.2, 0) is 0 Å². The van der Waals surface area contributed by atoms with E-state index < -0.39 is 0 Å². The first-order valence-corrected chi connectivity index (χ1v) is 13.8. The van der Waals surface area contributed by atoms with E-state index in [2.05, 4.69) is 73.7 Å². The minimum atomic E-state index is 0.340. The Balaban J connectivity index is 1.82. The summed E-state index contributed by atoms with van der Waals surface area (Å²) in [6, 6.07) is 1.36. The van der Waals surface area contributed by atoms with Crippen LogP contribution >= 0.6 is 72.2 Å². The van der Waals surface area contributed by atoms with Gasteiger partial charge in [0, 0.05) is 24.2 Å². The van der Waals surface area contributed by atoms with E-state index in [1.54, 1.807) is 0 Å². The monoisotopic (exact) mass is 506 g/mol. The number of quaternary nitrogens is 1. The lowest BCUT2D eigenvalue weighted by molar-refractivity contribution is -0.268. The Bertz CT molecular complexity index is 917. The SMILES string of the molecule is CC(C)n1c2c(n(C(C)C)c1=S)S[N+]1(S2)Sc2c(n(C(C)C)c(=S)n2C(C)C)S1. The summed E-state index contributed by atoms with van der Waals surface area (Å²) in [6.07, 6.45) is 0. The third-order valence-electron chi connectivity index (χ3n) is 4.92. The Morgan fingerprint density at radius 3 is 0.897 bits per heavy atom. The van der Waals surface area contributed by atoms with Crippen molar-refractivity contribution in [3.05, 3.63) is 9.54 Å². The van der Waals surface area contributed by atoms with E-state index >= 15 is 0 Å². The van der Waals surface area contributed by atoms with Gasteiger partial charge in [0.05, 0.1) is 0 Å². The van der Waals surface area contributed by atoms with Crippen LogP contribution in [0.4, 0.5) is 0 Å². The first kappa shape index (κ1) is 22.4. The summed E-state index contributed by atoms with van der Waals surface area (Å²) < 4.78 is 11.9. The Hall–Kier alpha value is 0.220. The van der Waals surface area contributed by atoms with Crippen molar-refractivity contribution in [2.75, 3.05) is 0 Å². The lowest BCUT2D eigenvalue weighted by atomic mass is 10.4. The molecule has 29 heavy (non-hydrogen) atoms. The number of fused-ring (bicyclic) bond motifs is 2. The standard InChI is InChI=1S/C18H28N5S6/c1-9(2)19-13-14(20(10(3)4)17(19)24)27-23(26-13)28-15-16(29-23)22(12(7)8)18(25)21(15)11(5)6/h9-12H,1-8H3/q+1. The summed E-state index contributed by atoms with van der Waals surface area (Å²) in [5.41, 5.74) is 0. The van der Waals surface area contributed by atoms with E-state index in [1.807, 2.05) is 47.8 Å². The minimum Gasteiger partial charge on any atom is -0.304 e. The summed E-state index contributed by atoms with van der Waals surface area (Å²) in [5.74, 6) is 0. The number of rotatable bonds is 4. The van der Waals surface area contributed by atoms with Crippen molar-refractivity contribution in [3.8, 4) is 0 Å². The minimum absolute atomic E-state index is 0.340. The van der Waals surface area contributed by atoms with Crippen molar-refractivity contribution in [3.63, 3.8) is 0 Å². The molecule has 0 amide bonds. The fourth-order valence-electron chi connectivity index (χ4n) is 3.68. The van der Waals surface area contributed by atoms with Gasteiger partial charge in [-0.1, -0.05) is 2.10 Å². The lowest BCUT2D eigenvalue weighted by Crippen LogP contribution is -2.15. The predicted molar refractivity (Wildman–Crippen MR) is 132 cm³/mol. The smallest absolute Gasteiger partial charge is 0.182 e. The molecule has 0 fully saturated rings. The van der Waals surface area contributed by atoms with Gasteiger partial charge in [-0.25, -0.2) is 0 Å². The maximum absolute atomic E-state index is 5.85. The maximum atomic E-state index is 5.85. The Labute approximate surface area is 200 Å². The van der Waals surface area contributed by atoms with Gasteiger partial charge in [0.15, 0.2) is 77.4 Å². The van der Waals surface area contributed by atoms with Gasteiger partial charge < -0.3 is 18.3 Å². The van der Waals surface area contributed by atoms with Crippen LogP contribution in [0.3, 0.4) is 0 Å². The van der Waals surface area contributed by atoms with Gasteiger partial charge in [0.1, 0.15) is 0 Å². The molecule has 0 aliphatic carbocycles. The summed E-state index contributed by atoms with van der Waals surface area (Å²) >= 11 is 19.3. The molecule has 2 aromatic rings. The van der Waals surface area contributed by atoms with Gasteiger partial charge in [-0.05, 0) is 79.8 Å². The number of aromatic nitrogens is 4. The van der Waals surface area contributed by atoms with Crippen LogP contribution in [0.5, 0.6) is 0 Å². The van der Waals surface area contributed by atoms with Crippen molar-refractivity contribution >= 4 is 72.2 Å². The normalized spacial score (nSPS) is 17.5. The zero-order valence-electron chi connectivity index (χ0n) is 18.0. The molecule has 0 bridgehead atoms. The molecule has 2 aromatic heterocycles. The molecule has 2 aliphatic heterocycles. The summed E-state index contributed by atoms with van der Waals surface area (Å²) in [6.45, 7) is 17.8. The molecule has 4 rings (SSSR count). The van der Waals surface area contributed by atoms with Crippen molar-refractivity contribution < 1.29 is 2.10 Å². The molecule has 0 radical (unpaired) electrons. The average Bonchev–Trinajstić information content (AvgIpc) is 3.22. The third-order valence-corrected chi connectivity index (χ3v) is 11.8. The first-order chi connectivity index (χ1) is 13.5. The van der Waals surface area contributed by atoms with E-state index in [0.29, 0.717) is 24.2 Å². The largest absolute Gasteiger partial charge is 0.304 e. The Kier molecular flexibility index (Phi) is 5.93. The number of imidazole rings is 2. The summed E-state index contributed by atoms with van der Waals surface area (Å²) in [5, 5.41) is 5.17. The topological polar surface area (TPSA) is 19.7 Å². The molecular formula is C18H28N5S6+. The fraction of sp³-hybridized carbons (Fsp3) is 0.667. The summed E-state index contributed by atoms with van der Waals surface area (Å²) in [7, 11) is 0. The van der Waals surface area contributed by atoms with Gasteiger partial charge in [0.25, 0.3) is 0 Å². The average molecular weight is 507 g/mol. The molecular weight excluding hydrogens is 479 g/mol. The molecule has 1 spiro atoms. The van der Waals surface area contributed by atoms with Crippen LogP contribution in [0.25, 0.3) is 0 Å². The molecule has 4 heterocycles. The molecule has 0 unspecified atom stereocenters. The van der Waals surface area contributed by atoms with Gasteiger partial charge in [-0.15, -0.1) is 0 Å². The van der Waals surface area contributed by atoms with E-state index in [1.165, 1.54) is 20.1 Å². The Morgan fingerprint density at radius 2 is 0.724 bits per heavy atom. The molecule has 0 N–H and O–H groups in total. The number of hydrogen-bond donors (Lipinski definition) is 0. The maximum Gasteiger partial charge on any atom is 0.182 e. The Morgan fingerprint density at radius 1 is 0.517 bits per heavy atom. The van der Waals surface area contributed by atoms with Crippen LogP contribution < -0.4 is 0 Å². The highest BCUT2D eigenvalue weighted by Gasteiger charge is 2.57. The molecule has 11 heteroatoms. The van der Waals surface area contributed by atoms with E-state index in [-0.39, 0.29) is 0 Å². The zero-order chi connectivity index (χ0) is 21.4. The van der Waals surface area contributed by atoms with Crippen LogP contribution in [0.2, 0.25) is 0 Å². The summed E-state index contributed by atoms with van der Waals surface area (Å²) in [4.78, 5) is 0. The molecule has 0 atom stereocenters. The molecule has 160 valence electrons. The zero-order valence-corrected chi connectivity index (χ0v) is 22.9. The quantitative estimate of drug-likeness (QED) is 0.234. The number of hydrogen-bond acceptors (Lipinski definition) is 6. The van der Waals surface area contributed by atoms with Crippen molar-refractivity contribution in [2.45, 2.75) is 99.7 Å². The lowest BCUT2D eigenvalue weighted by Gasteiger charge is -2.20. The number of nitrogens with zero attached hydrogens (tertiary/aromatic N) is 5. The predicted octanol–water partition coefficient (Wildman–Crippen LogP) is 8.25. The van der Waals surface area contributed by atoms with Crippen molar-refractivity contribution in [1.82, 2.24) is 18.3 Å². The van der Waals surface area contributed by atoms with Gasteiger partial charge >= 0.3 is 0 Å². The highest BCUT2D eigenvalue weighted by molar-refractivity contribution is 8.31. The van der Waals surface area contributed by atoms with Crippen LogP contribution in [0.15, 0.2) is 20.1 Å². The van der Waals surface area contributed by atoms with E-state index in [4.69, 9.17) is 24.4 Å². The van der Waals surface area contributed by atoms with Crippen molar-refractivity contribution in [1.29, 1.82) is 0 Å². The van der Waals surface area contributed by atoms with Crippen LogP contribution in [0.1, 0.15) is 79.6 Å². The van der Waals surface area contributed by atoms with Gasteiger partial charge in [0.2, 0.25) is 0 Å². The van der Waals surface area contributed by atoms with E-state index in [9.17, 15) is 0 Å². The molecule has 2 aliphatic rings. The van der Waals surface area contributed by atoms with E-state index in [0.717, 1.165) is 11.6 Å². The highest BCUT2D eigenvalue weighted by Crippen LogP contribution is 2.72.